The molecule has 1 saturated heterocycles. The first kappa shape index (κ1) is 19.7. The quantitative estimate of drug-likeness (QED) is 0.738. The molecular formula is C21H30N6O2. The van der Waals surface area contributed by atoms with E-state index in [9.17, 15) is 9.59 Å². The van der Waals surface area contributed by atoms with Crippen LogP contribution in [-0.4, -0.2) is 60.8 Å². The summed E-state index contributed by atoms with van der Waals surface area (Å²) in [5, 5.41) is 8.93. The van der Waals surface area contributed by atoms with E-state index in [1.54, 1.807) is 0 Å². The van der Waals surface area contributed by atoms with Crippen LogP contribution in [0.25, 0.3) is 0 Å². The maximum absolute atomic E-state index is 12.7. The Morgan fingerprint density at radius 3 is 2.55 bits per heavy atom. The molecule has 2 aliphatic heterocycles. The summed E-state index contributed by atoms with van der Waals surface area (Å²) in [6, 6.07) is 0. The molecule has 0 aromatic carbocycles. The maximum Gasteiger partial charge on any atom is 0.224 e. The smallest absolute Gasteiger partial charge is 0.224 e. The Labute approximate surface area is 171 Å². The molecule has 0 aliphatic carbocycles. The molecule has 8 heteroatoms. The van der Waals surface area contributed by atoms with Gasteiger partial charge in [-0.25, -0.2) is 0 Å². The van der Waals surface area contributed by atoms with E-state index < -0.39 is 0 Å². The van der Waals surface area contributed by atoms with Crippen LogP contribution in [0, 0.1) is 6.92 Å². The second-order valence-electron chi connectivity index (χ2n) is 8.18. The Morgan fingerprint density at radius 2 is 1.83 bits per heavy atom. The van der Waals surface area contributed by atoms with Crippen LogP contribution in [0.5, 0.6) is 0 Å². The second-order valence-corrected chi connectivity index (χ2v) is 8.18. The molecule has 0 unspecified atom stereocenters. The van der Waals surface area contributed by atoms with Crippen molar-refractivity contribution in [3.8, 4) is 0 Å². The number of carbonyl (C=O) groups excluding carboxylic acids is 2. The molecule has 4 heterocycles. The number of hydrogen-bond donors (Lipinski definition) is 0. The van der Waals surface area contributed by atoms with Crippen molar-refractivity contribution in [2.24, 2.45) is 7.05 Å². The topological polar surface area (TPSA) is 76.3 Å². The number of carbonyl (C=O) groups is 2. The second kappa shape index (κ2) is 8.39. The number of hydrogen-bond acceptors (Lipinski definition) is 4. The highest BCUT2D eigenvalue weighted by Crippen LogP contribution is 2.24. The first-order valence-corrected chi connectivity index (χ1v) is 10.6. The minimum atomic E-state index is 0.145. The van der Waals surface area contributed by atoms with E-state index in [1.165, 1.54) is 5.69 Å². The minimum absolute atomic E-state index is 0.145. The lowest BCUT2D eigenvalue weighted by Crippen LogP contribution is -2.37. The van der Waals surface area contributed by atoms with Gasteiger partial charge in [0.1, 0.15) is 0 Å². The zero-order valence-corrected chi connectivity index (χ0v) is 17.4. The van der Waals surface area contributed by atoms with Crippen LogP contribution in [0.2, 0.25) is 0 Å². The van der Waals surface area contributed by atoms with Crippen molar-refractivity contribution in [2.45, 2.75) is 58.5 Å². The van der Waals surface area contributed by atoms with Crippen molar-refractivity contribution in [1.29, 1.82) is 0 Å². The Hall–Kier alpha value is -2.64. The zero-order valence-electron chi connectivity index (χ0n) is 17.4. The highest BCUT2D eigenvalue weighted by atomic mass is 16.2. The number of aryl methyl sites for hydroxylation is 4. The summed E-state index contributed by atoms with van der Waals surface area (Å²) < 4.78 is 3.75. The lowest BCUT2D eigenvalue weighted by atomic mass is 10.0. The highest BCUT2D eigenvalue weighted by Gasteiger charge is 2.27. The molecule has 156 valence electrons. The fraction of sp³-hybridized carbons (Fsp3) is 0.619. The standard InChI is InChI=1S/C21H30N6O2/c1-16-13-22-27(14-16)12-8-21(29)26-11-7-19-17(15-26)18(23-24(19)2)5-6-20(28)25-9-3-4-10-25/h13-14H,3-12,15H2,1-2H3. The first-order chi connectivity index (χ1) is 14.0. The molecule has 29 heavy (non-hydrogen) atoms. The first-order valence-electron chi connectivity index (χ1n) is 10.6. The molecule has 0 atom stereocenters. The van der Waals surface area contributed by atoms with Crippen LogP contribution in [0.3, 0.4) is 0 Å². The van der Waals surface area contributed by atoms with Crippen molar-refractivity contribution < 1.29 is 9.59 Å². The summed E-state index contributed by atoms with van der Waals surface area (Å²) in [6.07, 6.45) is 8.38. The molecule has 0 N–H and O–H groups in total. The van der Waals surface area contributed by atoms with Gasteiger partial charge in [0.15, 0.2) is 0 Å². The molecule has 4 rings (SSSR count). The fourth-order valence-corrected chi connectivity index (χ4v) is 4.39. The molecule has 2 amide bonds. The van der Waals surface area contributed by atoms with E-state index in [4.69, 9.17) is 0 Å². The zero-order chi connectivity index (χ0) is 20.4. The van der Waals surface area contributed by atoms with Crippen LogP contribution in [0.1, 0.15) is 48.2 Å². The largest absolute Gasteiger partial charge is 0.343 e. The molecule has 0 bridgehead atoms. The molecule has 0 radical (unpaired) electrons. The van der Waals surface area contributed by atoms with Gasteiger partial charge in [-0.3, -0.25) is 19.0 Å². The van der Waals surface area contributed by atoms with Gasteiger partial charge in [-0.1, -0.05) is 0 Å². The van der Waals surface area contributed by atoms with Gasteiger partial charge in [-0.2, -0.15) is 10.2 Å². The van der Waals surface area contributed by atoms with Gasteiger partial charge in [-0.15, -0.1) is 0 Å². The third kappa shape index (κ3) is 4.36. The lowest BCUT2D eigenvalue weighted by Gasteiger charge is -2.28. The molecule has 2 aromatic heterocycles. The lowest BCUT2D eigenvalue weighted by molar-refractivity contribution is -0.132. The van der Waals surface area contributed by atoms with Gasteiger partial charge in [-0.05, 0) is 25.3 Å². The highest BCUT2D eigenvalue weighted by molar-refractivity contribution is 5.77. The Kier molecular flexibility index (Phi) is 5.69. The number of fused-ring (bicyclic) bond motifs is 1. The SMILES string of the molecule is Cc1cnn(CCC(=O)N2CCc3c(c(CCC(=O)N4CCCC4)nn3C)C2)c1. The summed E-state index contributed by atoms with van der Waals surface area (Å²) in [7, 11) is 1.96. The predicted molar refractivity (Wildman–Crippen MR) is 108 cm³/mol. The van der Waals surface area contributed by atoms with Gasteiger partial charge in [0.25, 0.3) is 0 Å². The molecule has 2 aliphatic rings. The fourth-order valence-electron chi connectivity index (χ4n) is 4.39. The Bertz CT molecular complexity index is 893. The molecule has 8 nitrogen and oxygen atoms in total. The van der Waals surface area contributed by atoms with Crippen LogP contribution < -0.4 is 0 Å². The van der Waals surface area contributed by atoms with E-state index in [2.05, 4.69) is 10.2 Å². The number of nitrogens with zero attached hydrogens (tertiary/aromatic N) is 6. The predicted octanol–water partition coefficient (Wildman–Crippen LogP) is 1.46. The normalized spacial score (nSPS) is 16.3. The van der Waals surface area contributed by atoms with Crippen molar-refractivity contribution in [3.05, 3.63) is 34.9 Å². The average molecular weight is 399 g/mol. The van der Waals surface area contributed by atoms with Crippen molar-refractivity contribution in [2.75, 3.05) is 19.6 Å². The van der Waals surface area contributed by atoms with E-state index in [1.807, 2.05) is 45.5 Å². The van der Waals surface area contributed by atoms with Crippen LogP contribution in [-0.2, 0) is 42.6 Å². The van der Waals surface area contributed by atoms with Gasteiger partial charge in [0.2, 0.25) is 11.8 Å². The average Bonchev–Trinajstić information content (AvgIpc) is 3.45. The number of amides is 2. The number of rotatable bonds is 6. The van der Waals surface area contributed by atoms with Crippen molar-refractivity contribution >= 4 is 11.8 Å². The van der Waals surface area contributed by atoms with Crippen molar-refractivity contribution in [1.82, 2.24) is 29.4 Å². The monoisotopic (exact) mass is 398 g/mol. The van der Waals surface area contributed by atoms with E-state index >= 15 is 0 Å². The summed E-state index contributed by atoms with van der Waals surface area (Å²) in [4.78, 5) is 29.0. The van der Waals surface area contributed by atoms with Gasteiger partial charge in [0, 0.05) is 82.9 Å². The van der Waals surface area contributed by atoms with Gasteiger partial charge in [0.05, 0.1) is 11.9 Å². The third-order valence-corrected chi connectivity index (χ3v) is 6.03. The molecule has 1 fully saturated rings. The van der Waals surface area contributed by atoms with Crippen molar-refractivity contribution in [3.63, 3.8) is 0 Å². The third-order valence-electron chi connectivity index (χ3n) is 6.03. The number of likely N-dealkylation sites (tertiary alicyclic amines) is 1. The molecule has 2 aromatic rings. The summed E-state index contributed by atoms with van der Waals surface area (Å²) >= 11 is 0. The molecular weight excluding hydrogens is 368 g/mol. The van der Waals surface area contributed by atoms with Gasteiger partial charge < -0.3 is 9.80 Å². The maximum atomic E-state index is 12.7. The van der Waals surface area contributed by atoms with E-state index in [0.717, 1.165) is 55.7 Å². The summed E-state index contributed by atoms with van der Waals surface area (Å²) in [5.74, 6) is 0.368. The van der Waals surface area contributed by atoms with Gasteiger partial charge >= 0.3 is 0 Å². The molecule has 0 spiro atoms. The van der Waals surface area contributed by atoms with E-state index in [-0.39, 0.29) is 11.8 Å². The van der Waals surface area contributed by atoms with Crippen LogP contribution >= 0.6 is 0 Å². The number of aromatic nitrogens is 4. The minimum Gasteiger partial charge on any atom is -0.343 e. The van der Waals surface area contributed by atoms with Crippen LogP contribution in [0.4, 0.5) is 0 Å². The Balaban J connectivity index is 1.37. The summed E-state index contributed by atoms with van der Waals surface area (Å²) in [5.41, 5.74) is 4.40. The molecule has 0 saturated carbocycles. The summed E-state index contributed by atoms with van der Waals surface area (Å²) in [6.45, 7) is 5.67. The van der Waals surface area contributed by atoms with E-state index in [0.29, 0.717) is 32.4 Å². The van der Waals surface area contributed by atoms with Crippen LogP contribution in [0.15, 0.2) is 12.4 Å². The Morgan fingerprint density at radius 1 is 1.07 bits per heavy atom.